The minimum atomic E-state index is -0.0527. The van der Waals surface area contributed by atoms with E-state index in [1.807, 2.05) is 0 Å². The van der Waals surface area contributed by atoms with Gasteiger partial charge in [0.15, 0.2) is 0 Å². The molecule has 2 fully saturated rings. The summed E-state index contributed by atoms with van der Waals surface area (Å²) in [6, 6.07) is 1.23. The summed E-state index contributed by atoms with van der Waals surface area (Å²) in [6.07, 6.45) is 11.3. The van der Waals surface area contributed by atoms with Gasteiger partial charge in [-0.2, -0.15) is 0 Å². The second-order valence-corrected chi connectivity index (χ2v) is 5.83. The first-order valence-electron chi connectivity index (χ1n) is 7.21. The fourth-order valence-electron chi connectivity index (χ4n) is 3.48. The average molecular weight is 225 g/mol. The molecule has 2 aliphatic rings. The number of aliphatic hydroxyl groups is 1. The average Bonchev–Trinajstić information content (AvgIpc) is 2.24. The summed E-state index contributed by atoms with van der Waals surface area (Å²) in [5.74, 6) is 0.517. The SMILES string of the molecule is C[C@@H]1CCC[C@H]([C@@H]2CCCCCC[C@@H]2O)N1. The smallest absolute Gasteiger partial charge is 0.0583 e. The number of hydrogen-bond acceptors (Lipinski definition) is 2. The molecule has 2 heteroatoms. The Bertz CT molecular complexity index is 207. The van der Waals surface area contributed by atoms with E-state index in [2.05, 4.69) is 12.2 Å². The van der Waals surface area contributed by atoms with Gasteiger partial charge in [-0.15, -0.1) is 0 Å². The molecule has 0 aromatic heterocycles. The largest absolute Gasteiger partial charge is 0.393 e. The van der Waals surface area contributed by atoms with Gasteiger partial charge in [-0.1, -0.05) is 32.1 Å². The summed E-state index contributed by atoms with van der Waals surface area (Å²) in [7, 11) is 0. The van der Waals surface area contributed by atoms with Gasteiger partial charge in [0.05, 0.1) is 6.10 Å². The molecule has 16 heavy (non-hydrogen) atoms. The van der Waals surface area contributed by atoms with Crippen molar-refractivity contribution in [3.63, 3.8) is 0 Å². The van der Waals surface area contributed by atoms with Crippen LogP contribution in [0.1, 0.15) is 64.7 Å². The summed E-state index contributed by atoms with van der Waals surface area (Å²) in [5.41, 5.74) is 0. The highest BCUT2D eigenvalue weighted by Crippen LogP contribution is 2.29. The van der Waals surface area contributed by atoms with Gasteiger partial charge in [0, 0.05) is 18.0 Å². The number of nitrogens with one attached hydrogen (secondary N) is 1. The van der Waals surface area contributed by atoms with Crippen molar-refractivity contribution in [2.75, 3.05) is 0 Å². The Balaban J connectivity index is 1.92. The van der Waals surface area contributed by atoms with Crippen molar-refractivity contribution in [3.05, 3.63) is 0 Å². The number of rotatable bonds is 1. The molecule has 1 saturated carbocycles. The Labute approximate surface area is 99.8 Å². The molecule has 0 unspecified atom stereocenters. The third-order valence-electron chi connectivity index (χ3n) is 4.45. The first-order chi connectivity index (χ1) is 7.77. The second-order valence-electron chi connectivity index (χ2n) is 5.83. The first kappa shape index (κ1) is 12.4. The lowest BCUT2D eigenvalue weighted by Crippen LogP contribution is -2.48. The second kappa shape index (κ2) is 6.02. The van der Waals surface area contributed by atoms with Gasteiger partial charge < -0.3 is 10.4 Å². The molecule has 1 aliphatic heterocycles. The van der Waals surface area contributed by atoms with E-state index in [9.17, 15) is 5.11 Å². The van der Waals surface area contributed by atoms with E-state index in [-0.39, 0.29) is 6.10 Å². The van der Waals surface area contributed by atoms with Gasteiger partial charge in [0.1, 0.15) is 0 Å². The molecule has 0 spiro atoms. The van der Waals surface area contributed by atoms with E-state index in [1.54, 1.807) is 0 Å². The van der Waals surface area contributed by atoms with Crippen molar-refractivity contribution in [3.8, 4) is 0 Å². The monoisotopic (exact) mass is 225 g/mol. The normalized spacial score (nSPS) is 42.4. The molecule has 4 atom stereocenters. The summed E-state index contributed by atoms with van der Waals surface area (Å²) in [5, 5.41) is 14.0. The number of piperidine rings is 1. The lowest BCUT2D eigenvalue weighted by Gasteiger charge is -2.38. The molecule has 0 aromatic rings. The minimum absolute atomic E-state index is 0.0527. The Kier molecular flexibility index (Phi) is 4.66. The number of aliphatic hydroxyl groups excluding tert-OH is 1. The minimum Gasteiger partial charge on any atom is -0.393 e. The van der Waals surface area contributed by atoms with Crippen LogP contribution in [0.3, 0.4) is 0 Å². The predicted octanol–water partition coefficient (Wildman–Crippen LogP) is 2.85. The van der Waals surface area contributed by atoms with E-state index in [0.29, 0.717) is 18.0 Å². The zero-order valence-electron chi connectivity index (χ0n) is 10.6. The van der Waals surface area contributed by atoms with E-state index in [4.69, 9.17) is 0 Å². The van der Waals surface area contributed by atoms with Crippen LogP contribution in [0.4, 0.5) is 0 Å². The van der Waals surface area contributed by atoms with Gasteiger partial charge in [0.2, 0.25) is 0 Å². The van der Waals surface area contributed by atoms with Crippen molar-refractivity contribution in [2.45, 2.75) is 82.9 Å². The maximum Gasteiger partial charge on any atom is 0.0583 e. The fraction of sp³-hybridized carbons (Fsp3) is 1.00. The Morgan fingerprint density at radius 3 is 2.38 bits per heavy atom. The van der Waals surface area contributed by atoms with E-state index in [0.717, 1.165) is 6.42 Å². The van der Waals surface area contributed by atoms with Crippen molar-refractivity contribution in [2.24, 2.45) is 5.92 Å². The lowest BCUT2D eigenvalue weighted by atomic mass is 9.80. The molecule has 0 amide bonds. The highest BCUT2D eigenvalue weighted by molar-refractivity contribution is 4.87. The molecular weight excluding hydrogens is 198 g/mol. The zero-order valence-corrected chi connectivity index (χ0v) is 10.6. The van der Waals surface area contributed by atoms with Crippen molar-refractivity contribution in [1.82, 2.24) is 5.32 Å². The van der Waals surface area contributed by atoms with Crippen LogP contribution in [0, 0.1) is 5.92 Å². The highest BCUT2D eigenvalue weighted by Gasteiger charge is 2.31. The summed E-state index contributed by atoms with van der Waals surface area (Å²) in [6.45, 7) is 2.28. The highest BCUT2D eigenvalue weighted by atomic mass is 16.3. The van der Waals surface area contributed by atoms with Crippen LogP contribution in [-0.4, -0.2) is 23.3 Å². The van der Waals surface area contributed by atoms with Crippen LogP contribution in [-0.2, 0) is 0 Å². The summed E-state index contributed by atoms with van der Waals surface area (Å²) >= 11 is 0. The summed E-state index contributed by atoms with van der Waals surface area (Å²) in [4.78, 5) is 0. The van der Waals surface area contributed by atoms with Gasteiger partial charge >= 0.3 is 0 Å². The zero-order chi connectivity index (χ0) is 11.4. The molecule has 1 aliphatic carbocycles. The molecule has 1 saturated heterocycles. The third-order valence-corrected chi connectivity index (χ3v) is 4.45. The Hall–Kier alpha value is -0.0800. The Morgan fingerprint density at radius 1 is 0.875 bits per heavy atom. The maximum atomic E-state index is 10.3. The standard InChI is InChI=1S/C14H27NO/c1-11-7-6-9-13(15-11)12-8-4-2-3-5-10-14(12)16/h11-16H,2-10H2,1H3/t11-,12+,13-,14+/m1/s1. The quantitative estimate of drug-likeness (QED) is 0.719. The van der Waals surface area contributed by atoms with E-state index < -0.39 is 0 Å². The fourth-order valence-corrected chi connectivity index (χ4v) is 3.48. The predicted molar refractivity (Wildman–Crippen MR) is 67.4 cm³/mol. The third kappa shape index (κ3) is 3.21. The van der Waals surface area contributed by atoms with Crippen LogP contribution in [0.25, 0.3) is 0 Å². The number of hydrogen-bond donors (Lipinski definition) is 2. The Morgan fingerprint density at radius 2 is 1.62 bits per heavy atom. The van der Waals surface area contributed by atoms with Gasteiger partial charge in [-0.25, -0.2) is 0 Å². The van der Waals surface area contributed by atoms with Crippen molar-refractivity contribution < 1.29 is 5.11 Å². The van der Waals surface area contributed by atoms with E-state index in [1.165, 1.54) is 51.4 Å². The van der Waals surface area contributed by atoms with Crippen molar-refractivity contribution >= 4 is 0 Å². The molecule has 94 valence electrons. The van der Waals surface area contributed by atoms with Gasteiger partial charge in [0.25, 0.3) is 0 Å². The maximum absolute atomic E-state index is 10.3. The van der Waals surface area contributed by atoms with Crippen molar-refractivity contribution in [1.29, 1.82) is 0 Å². The first-order valence-corrected chi connectivity index (χ1v) is 7.21. The molecule has 0 radical (unpaired) electrons. The van der Waals surface area contributed by atoms with Crippen LogP contribution < -0.4 is 5.32 Å². The van der Waals surface area contributed by atoms with Gasteiger partial charge in [-0.05, 0) is 32.6 Å². The molecule has 1 heterocycles. The molecule has 2 rings (SSSR count). The molecule has 0 aromatic carbocycles. The lowest BCUT2D eigenvalue weighted by molar-refractivity contribution is 0.0508. The van der Waals surface area contributed by atoms with Crippen LogP contribution in [0.5, 0.6) is 0 Å². The summed E-state index contributed by atoms with van der Waals surface area (Å²) < 4.78 is 0. The molecule has 2 nitrogen and oxygen atoms in total. The van der Waals surface area contributed by atoms with Crippen LogP contribution >= 0.6 is 0 Å². The van der Waals surface area contributed by atoms with Crippen LogP contribution in [0.15, 0.2) is 0 Å². The topological polar surface area (TPSA) is 32.3 Å². The molecule has 2 N–H and O–H groups in total. The van der Waals surface area contributed by atoms with E-state index >= 15 is 0 Å². The van der Waals surface area contributed by atoms with Crippen LogP contribution in [0.2, 0.25) is 0 Å². The van der Waals surface area contributed by atoms with Gasteiger partial charge in [-0.3, -0.25) is 0 Å². The molecule has 0 bridgehead atoms. The molecular formula is C14H27NO.